The standard InChI is InChI=1S/C10H14O2/c1-2-10(12-8-11)9-6-4-3-5-7-9/h3-7,10-11H,2,8H2,1H3. The molecule has 1 unspecified atom stereocenters. The summed E-state index contributed by atoms with van der Waals surface area (Å²) in [6.07, 6.45) is 0.904. The maximum atomic E-state index is 8.61. The lowest BCUT2D eigenvalue weighted by molar-refractivity contribution is -0.0528. The van der Waals surface area contributed by atoms with Gasteiger partial charge in [-0.1, -0.05) is 37.3 Å². The van der Waals surface area contributed by atoms with Crippen molar-refractivity contribution in [2.45, 2.75) is 19.4 Å². The van der Waals surface area contributed by atoms with E-state index in [0.29, 0.717) is 0 Å². The highest BCUT2D eigenvalue weighted by Gasteiger charge is 2.07. The van der Waals surface area contributed by atoms with Gasteiger partial charge in [0.25, 0.3) is 0 Å². The highest BCUT2D eigenvalue weighted by Crippen LogP contribution is 2.19. The molecule has 0 aliphatic heterocycles. The van der Waals surface area contributed by atoms with E-state index in [0.717, 1.165) is 12.0 Å². The second kappa shape index (κ2) is 4.91. The van der Waals surface area contributed by atoms with Crippen LogP contribution in [0, 0.1) is 0 Å². The Balaban J connectivity index is 2.66. The van der Waals surface area contributed by atoms with Crippen molar-refractivity contribution in [3.05, 3.63) is 35.9 Å². The minimum absolute atomic E-state index is 0.0243. The van der Waals surface area contributed by atoms with E-state index in [9.17, 15) is 0 Å². The molecule has 0 aromatic heterocycles. The average Bonchev–Trinajstić information content (AvgIpc) is 2.15. The zero-order valence-electron chi connectivity index (χ0n) is 7.23. The van der Waals surface area contributed by atoms with Crippen LogP contribution in [-0.2, 0) is 4.74 Å². The maximum Gasteiger partial charge on any atom is 0.144 e. The summed E-state index contributed by atoms with van der Waals surface area (Å²) in [4.78, 5) is 0. The molecule has 2 heteroatoms. The highest BCUT2D eigenvalue weighted by atomic mass is 16.6. The molecule has 0 heterocycles. The first-order valence-electron chi connectivity index (χ1n) is 4.16. The first-order chi connectivity index (χ1) is 5.88. The van der Waals surface area contributed by atoms with Gasteiger partial charge in [-0.15, -0.1) is 0 Å². The minimum Gasteiger partial charge on any atom is -0.371 e. The molecule has 1 aromatic rings. The second-order valence-corrected chi connectivity index (χ2v) is 2.60. The Bertz CT molecular complexity index is 208. The third kappa shape index (κ3) is 2.32. The molecule has 2 nitrogen and oxygen atoms in total. The van der Waals surface area contributed by atoms with Crippen LogP contribution >= 0.6 is 0 Å². The minimum atomic E-state index is -0.215. The summed E-state index contributed by atoms with van der Waals surface area (Å²) in [5.41, 5.74) is 1.12. The Kier molecular flexibility index (Phi) is 3.77. The molecule has 0 aliphatic carbocycles. The number of aliphatic hydroxyl groups excluding tert-OH is 1. The van der Waals surface area contributed by atoms with E-state index in [1.807, 2.05) is 37.3 Å². The van der Waals surface area contributed by atoms with E-state index in [2.05, 4.69) is 0 Å². The van der Waals surface area contributed by atoms with Gasteiger partial charge in [0.05, 0.1) is 6.10 Å². The Hall–Kier alpha value is -0.860. The van der Waals surface area contributed by atoms with Crippen molar-refractivity contribution < 1.29 is 9.84 Å². The number of aliphatic hydroxyl groups is 1. The molecule has 12 heavy (non-hydrogen) atoms. The van der Waals surface area contributed by atoms with Crippen LogP contribution < -0.4 is 0 Å². The molecule has 1 N–H and O–H groups in total. The zero-order valence-corrected chi connectivity index (χ0v) is 7.23. The summed E-state index contributed by atoms with van der Waals surface area (Å²) in [6, 6.07) is 9.92. The molecule has 0 spiro atoms. The zero-order chi connectivity index (χ0) is 8.81. The first-order valence-corrected chi connectivity index (χ1v) is 4.16. The lowest BCUT2D eigenvalue weighted by Crippen LogP contribution is -2.03. The van der Waals surface area contributed by atoms with Crippen molar-refractivity contribution in [3.63, 3.8) is 0 Å². The van der Waals surface area contributed by atoms with Crippen molar-refractivity contribution in [1.82, 2.24) is 0 Å². The molecule has 0 bridgehead atoms. The normalized spacial score (nSPS) is 12.8. The Morgan fingerprint density at radius 1 is 1.33 bits per heavy atom. The van der Waals surface area contributed by atoms with Gasteiger partial charge in [0.15, 0.2) is 0 Å². The fraction of sp³-hybridized carbons (Fsp3) is 0.400. The van der Waals surface area contributed by atoms with E-state index < -0.39 is 0 Å². The average molecular weight is 166 g/mol. The van der Waals surface area contributed by atoms with Crippen LogP contribution in [0.3, 0.4) is 0 Å². The Morgan fingerprint density at radius 3 is 2.50 bits per heavy atom. The highest BCUT2D eigenvalue weighted by molar-refractivity contribution is 5.17. The van der Waals surface area contributed by atoms with Crippen LogP contribution in [0.5, 0.6) is 0 Å². The monoisotopic (exact) mass is 166 g/mol. The van der Waals surface area contributed by atoms with Crippen LogP contribution in [0.4, 0.5) is 0 Å². The quantitative estimate of drug-likeness (QED) is 0.694. The van der Waals surface area contributed by atoms with Crippen molar-refractivity contribution in [3.8, 4) is 0 Å². The summed E-state index contributed by atoms with van der Waals surface area (Å²) in [6.45, 7) is 1.82. The largest absolute Gasteiger partial charge is 0.371 e. The summed E-state index contributed by atoms with van der Waals surface area (Å²) in [5.74, 6) is 0. The topological polar surface area (TPSA) is 29.5 Å². The van der Waals surface area contributed by atoms with Crippen LogP contribution in [0.2, 0.25) is 0 Å². The Morgan fingerprint density at radius 2 is 2.00 bits per heavy atom. The molecule has 1 rings (SSSR count). The SMILES string of the molecule is CCC(OCO)c1ccccc1. The predicted molar refractivity (Wildman–Crippen MR) is 47.6 cm³/mol. The molecular weight excluding hydrogens is 152 g/mol. The van der Waals surface area contributed by atoms with Gasteiger partial charge in [-0.2, -0.15) is 0 Å². The van der Waals surface area contributed by atoms with Crippen LogP contribution in [0.25, 0.3) is 0 Å². The molecule has 0 amide bonds. The summed E-state index contributed by atoms with van der Waals surface area (Å²) >= 11 is 0. The van der Waals surface area contributed by atoms with E-state index in [1.165, 1.54) is 0 Å². The molecule has 0 fully saturated rings. The van der Waals surface area contributed by atoms with Crippen molar-refractivity contribution in [2.75, 3.05) is 6.79 Å². The summed E-state index contributed by atoms with van der Waals surface area (Å²) in [5, 5.41) is 8.61. The summed E-state index contributed by atoms with van der Waals surface area (Å²) < 4.78 is 5.13. The number of hydrogen-bond donors (Lipinski definition) is 1. The van der Waals surface area contributed by atoms with Gasteiger partial charge in [0, 0.05) is 0 Å². The molecular formula is C10H14O2. The molecule has 1 atom stereocenters. The van der Waals surface area contributed by atoms with Crippen molar-refractivity contribution >= 4 is 0 Å². The smallest absolute Gasteiger partial charge is 0.144 e. The van der Waals surface area contributed by atoms with Crippen LogP contribution in [-0.4, -0.2) is 11.9 Å². The molecule has 0 saturated carbocycles. The van der Waals surface area contributed by atoms with Crippen LogP contribution in [0.15, 0.2) is 30.3 Å². The van der Waals surface area contributed by atoms with Gasteiger partial charge < -0.3 is 9.84 Å². The van der Waals surface area contributed by atoms with E-state index in [4.69, 9.17) is 9.84 Å². The van der Waals surface area contributed by atoms with Gasteiger partial charge in [-0.3, -0.25) is 0 Å². The van der Waals surface area contributed by atoms with E-state index in [1.54, 1.807) is 0 Å². The van der Waals surface area contributed by atoms with Gasteiger partial charge in [0.1, 0.15) is 6.79 Å². The molecule has 0 saturated heterocycles. The van der Waals surface area contributed by atoms with Gasteiger partial charge in [0.2, 0.25) is 0 Å². The predicted octanol–water partition coefficient (Wildman–Crippen LogP) is 2.10. The van der Waals surface area contributed by atoms with Gasteiger partial charge in [-0.25, -0.2) is 0 Å². The lowest BCUT2D eigenvalue weighted by atomic mass is 10.1. The first kappa shape index (κ1) is 9.23. The third-order valence-corrected chi connectivity index (χ3v) is 1.82. The molecule has 0 aliphatic rings. The lowest BCUT2D eigenvalue weighted by Gasteiger charge is -2.13. The van der Waals surface area contributed by atoms with Gasteiger partial charge >= 0.3 is 0 Å². The van der Waals surface area contributed by atoms with Crippen molar-refractivity contribution in [2.24, 2.45) is 0 Å². The number of ether oxygens (including phenoxy) is 1. The number of benzene rings is 1. The number of rotatable bonds is 4. The molecule has 66 valence electrons. The number of hydrogen-bond acceptors (Lipinski definition) is 2. The fourth-order valence-electron chi connectivity index (χ4n) is 1.21. The third-order valence-electron chi connectivity index (χ3n) is 1.82. The maximum absolute atomic E-state index is 8.61. The van der Waals surface area contributed by atoms with E-state index >= 15 is 0 Å². The fourth-order valence-corrected chi connectivity index (χ4v) is 1.21. The Labute approximate surface area is 72.8 Å². The molecule has 1 aromatic carbocycles. The second-order valence-electron chi connectivity index (χ2n) is 2.60. The van der Waals surface area contributed by atoms with Crippen molar-refractivity contribution in [1.29, 1.82) is 0 Å². The van der Waals surface area contributed by atoms with Crippen LogP contribution in [0.1, 0.15) is 25.0 Å². The van der Waals surface area contributed by atoms with E-state index in [-0.39, 0.29) is 12.9 Å². The molecule has 0 radical (unpaired) electrons. The summed E-state index contributed by atoms with van der Waals surface area (Å²) in [7, 11) is 0. The van der Waals surface area contributed by atoms with Gasteiger partial charge in [-0.05, 0) is 12.0 Å².